The Morgan fingerprint density at radius 1 is 1.00 bits per heavy atom. The summed E-state index contributed by atoms with van der Waals surface area (Å²) in [5.41, 5.74) is 2.65. The minimum atomic E-state index is -2.93. The normalized spacial score (nSPS) is 11.2. The Labute approximate surface area is 206 Å². The summed E-state index contributed by atoms with van der Waals surface area (Å²) < 4.78 is 35.2. The predicted octanol–water partition coefficient (Wildman–Crippen LogP) is 2.63. The van der Waals surface area contributed by atoms with E-state index in [-0.39, 0.29) is 30.2 Å². The van der Waals surface area contributed by atoms with Gasteiger partial charge in [-0.25, -0.2) is 14.3 Å². The fraction of sp³-hybridized carbons (Fsp3) is 0.125. The van der Waals surface area contributed by atoms with Gasteiger partial charge in [-0.05, 0) is 35.4 Å². The molecule has 2 aromatic carbocycles. The summed E-state index contributed by atoms with van der Waals surface area (Å²) in [6, 6.07) is 13.7. The molecule has 0 atom stereocenters. The lowest BCUT2D eigenvalue weighted by Gasteiger charge is -2.10. The van der Waals surface area contributed by atoms with E-state index >= 15 is 0 Å². The molecule has 0 saturated heterocycles. The molecule has 0 unspecified atom stereocenters. The highest BCUT2D eigenvalue weighted by atomic mass is 19.3. The van der Waals surface area contributed by atoms with E-state index in [4.69, 9.17) is 4.42 Å². The smallest absolute Gasteiger partial charge is 0.417 e. The molecule has 5 rings (SSSR count). The van der Waals surface area contributed by atoms with Gasteiger partial charge in [0.1, 0.15) is 17.1 Å². The lowest BCUT2D eigenvalue weighted by Crippen LogP contribution is -2.28. The molecule has 5 aromatic rings. The summed E-state index contributed by atoms with van der Waals surface area (Å²) in [4.78, 5) is 43.9. The molecule has 0 aliphatic carbocycles. The largest absolute Gasteiger partial charge is 0.435 e. The Morgan fingerprint density at radius 3 is 2.51 bits per heavy atom. The van der Waals surface area contributed by atoms with Crippen molar-refractivity contribution in [3.63, 3.8) is 0 Å². The molecule has 0 fully saturated rings. The summed E-state index contributed by atoms with van der Waals surface area (Å²) in [7, 11) is 0. The number of nitrogens with one attached hydrogen (secondary N) is 3. The topological polar surface area (TPSA) is 144 Å². The van der Waals surface area contributed by atoms with Crippen LogP contribution < -0.4 is 21.1 Å². The van der Waals surface area contributed by atoms with Crippen molar-refractivity contribution < 1.29 is 27.5 Å². The maximum atomic E-state index is 12.9. The van der Waals surface area contributed by atoms with Gasteiger partial charge < -0.3 is 19.8 Å². The number of benzene rings is 2. The molecule has 2 amide bonds. The van der Waals surface area contributed by atoms with Crippen molar-refractivity contribution in [1.82, 2.24) is 30.2 Å². The Morgan fingerprint density at radius 2 is 1.73 bits per heavy atom. The third-order valence-electron chi connectivity index (χ3n) is 5.36. The van der Waals surface area contributed by atoms with Gasteiger partial charge in [0.2, 0.25) is 0 Å². The average molecular weight is 508 g/mol. The number of aromatic nitrogens is 4. The maximum absolute atomic E-state index is 12.9. The van der Waals surface area contributed by atoms with Crippen LogP contribution in [0.4, 0.5) is 8.78 Å². The minimum Gasteiger partial charge on any atom is -0.435 e. The van der Waals surface area contributed by atoms with E-state index in [9.17, 15) is 23.2 Å². The molecule has 0 saturated carbocycles. The number of fused-ring (bicyclic) bond motifs is 2. The van der Waals surface area contributed by atoms with Gasteiger partial charge in [0, 0.05) is 25.2 Å². The predicted molar refractivity (Wildman–Crippen MR) is 125 cm³/mol. The minimum absolute atomic E-state index is 0.00412. The Bertz CT molecular complexity index is 1660. The van der Waals surface area contributed by atoms with Crippen LogP contribution in [0.3, 0.4) is 0 Å². The number of hydrogen-bond acceptors (Lipinski definition) is 7. The van der Waals surface area contributed by atoms with Crippen LogP contribution in [-0.4, -0.2) is 38.0 Å². The molecule has 188 valence electrons. The summed E-state index contributed by atoms with van der Waals surface area (Å²) in [5.74, 6) is -1.61. The third-order valence-corrected chi connectivity index (χ3v) is 5.36. The van der Waals surface area contributed by atoms with Crippen LogP contribution in [0.5, 0.6) is 5.75 Å². The van der Waals surface area contributed by atoms with Crippen LogP contribution in [0.15, 0.2) is 70.0 Å². The van der Waals surface area contributed by atoms with Gasteiger partial charge in [-0.3, -0.25) is 14.6 Å². The first-order valence-electron chi connectivity index (χ1n) is 10.9. The number of carbonyl (C=O) groups is 2. The number of carbonyl (C=O) groups excluding carboxylic acids is 2. The summed E-state index contributed by atoms with van der Waals surface area (Å²) >= 11 is 0. The molecule has 11 nitrogen and oxygen atoms in total. The van der Waals surface area contributed by atoms with E-state index in [1.807, 2.05) is 0 Å². The van der Waals surface area contributed by atoms with Gasteiger partial charge in [0.25, 0.3) is 11.8 Å². The molecular weight excluding hydrogens is 490 g/mol. The molecule has 0 aliphatic rings. The van der Waals surface area contributed by atoms with Crippen LogP contribution in [0, 0.1) is 0 Å². The van der Waals surface area contributed by atoms with E-state index < -0.39 is 24.2 Å². The van der Waals surface area contributed by atoms with Crippen molar-refractivity contribution in [3.8, 4) is 5.75 Å². The van der Waals surface area contributed by atoms with Gasteiger partial charge >= 0.3 is 12.4 Å². The highest BCUT2D eigenvalue weighted by Crippen LogP contribution is 2.16. The number of rotatable bonds is 8. The molecule has 3 N–H and O–H groups in total. The molecule has 3 aromatic heterocycles. The van der Waals surface area contributed by atoms with Crippen molar-refractivity contribution in [2.24, 2.45) is 0 Å². The maximum Gasteiger partial charge on any atom is 0.417 e. The van der Waals surface area contributed by atoms with E-state index in [1.165, 1.54) is 28.9 Å². The molecule has 13 heteroatoms. The number of halogens is 2. The number of oxazole rings is 1. The summed E-state index contributed by atoms with van der Waals surface area (Å²) in [6.45, 7) is -2.69. The highest BCUT2D eigenvalue weighted by Gasteiger charge is 2.18. The number of amides is 2. The second-order valence-corrected chi connectivity index (χ2v) is 7.86. The van der Waals surface area contributed by atoms with E-state index in [0.717, 1.165) is 0 Å². The first-order chi connectivity index (χ1) is 17.9. The second-order valence-electron chi connectivity index (χ2n) is 7.86. The average Bonchev–Trinajstić information content (AvgIpc) is 3.50. The van der Waals surface area contributed by atoms with Crippen molar-refractivity contribution >= 4 is 28.6 Å². The number of aromatic amines is 1. The van der Waals surface area contributed by atoms with Gasteiger partial charge in [0.15, 0.2) is 11.2 Å². The summed E-state index contributed by atoms with van der Waals surface area (Å²) in [5, 5.41) is 9.55. The standard InChI is InChI=1S/C24H18F2N6O5/c25-23(26)36-15-4-1-13(2-5-15)11-28-22(34)18-10-17(30-20-7-8-29-32(18)20)21(33)27-12-14-3-6-19-16(9-14)31-24(35)37-19/h1-10,23H,11-12H2,(H,27,33)(H,28,34)(H,31,35). The second kappa shape index (κ2) is 9.89. The summed E-state index contributed by atoms with van der Waals surface area (Å²) in [6.07, 6.45) is 1.45. The Kier molecular flexibility index (Phi) is 6.32. The van der Waals surface area contributed by atoms with Crippen LogP contribution in [0.25, 0.3) is 16.7 Å². The zero-order chi connectivity index (χ0) is 25.9. The highest BCUT2D eigenvalue weighted by molar-refractivity contribution is 5.98. The Hall–Kier alpha value is -5.07. The van der Waals surface area contributed by atoms with Crippen LogP contribution in [-0.2, 0) is 13.1 Å². The monoisotopic (exact) mass is 508 g/mol. The number of ether oxygens (including phenoxy) is 1. The van der Waals surface area contributed by atoms with E-state index in [1.54, 1.807) is 36.4 Å². The molecule has 37 heavy (non-hydrogen) atoms. The quantitative estimate of drug-likeness (QED) is 0.292. The van der Waals surface area contributed by atoms with Gasteiger partial charge in [-0.2, -0.15) is 13.9 Å². The molecule has 0 aliphatic heterocycles. The van der Waals surface area contributed by atoms with E-state index in [0.29, 0.717) is 27.9 Å². The lowest BCUT2D eigenvalue weighted by atomic mass is 10.2. The van der Waals surface area contributed by atoms with Crippen LogP contribution >= 0.6 is 0 Å². The number of H-pyrrole nitrogens is 1. The molecule has 0 bridgehead atoms. The van der Waals surface area contributed by atoms with Crippen molar-refractivity contribution in [2.75, 3.05) is 0 Å². The zero-order valence-electron chi connectivity index (χ0n) is 18.9. The number of alkyl halides is 2. The van der Waals surface area contributed by atoms with Crippen LogP contribution in [0.1, 0.15) is 32.1 Å². The first kappa shape index (κ1) is 23.7. The van der Waals surface area contributed by atoms with Crippen LogP contribution in [0.2, 0.25) is 0 Å². The molecule has 0 spiro atoms. The fourth-order valence-corrected chi connectivity index (χ4v) is 3.63. The molecule has 3 heterocycles. The molecule has 0 radical (unpaired) electrons. The van der Waals surface area contributed by atoms with Gasteiger partial charge in [-0.15, -0.1) is 0 Å². The third kappa shape index (κ3) is 5.29. The SMILES string of the molecule is O=C(NCc1ccc2oc(=O)[nH]c2c1)c1cc(C(=O)NCc2ccc(OC(F)F)cc2)n2nccc2n1. The lowest BCUT2D eigenvalue weighted by molar-refractivity contribution is -0.0498. The number of nitrogens with zero attached hydrogens (tertiary/aromatic N) is 3. The van der Waals surface area contributed by atoms with Gasteiger partial charge in [-0.1, -0.05) is 18.2 Å². The fourth-order valence-electron chi connectivity index (χ4n) is 3.63. The number of hydrogen-bond donors (Lipinski definition) is 3. The van der Waals surface area contributed by atoms with E-state index in [2.05, 4.69) is 30.4 Å². The Balaban J connectivity index is 1.29. The zero-order valence-corrected chi connectivity index (χ0v) is 18.9. The van der Waals surface area contributed by atoms with Crippen molar-refractivity contribution in [2.45, 2.75) is 19.7 Å². The first-order valence-corrected chi connectivity index (χ1v) is 10.9. The van der Waals surface area contributed by atoms with Crippen molar-refractivity contribution in [1.29, 1.82) is 0 Å². The molecular formula is C24H18F2N6O5. The van der Waals surface area contributed by atoms with Crippen molar-refractivity contribution in [3.05, 3.63) is 93.9 Å². The van der Waals surface area contributed by atoms with Gasteiger partial charge in [0.05, 0.1) is 11.7 Å².